The fraction of sp³-hybridized carbons (Fsp3) is 0.409. The standard InChI is InChI=1S/C22H29N3O/c1-15(2)9-10-24-13-17-5-8-21-20(12-17)19(14-25-21)11-16-3-6-18(7-4-16)22(23)26/h3-8,12,15,19,24-25H,9-11,13-14H2,1-2H3,(H2,23,26). The molecule has 2 aromatic carbocycles. The molecule has 1 amide bonds. The number of carbonyl (C=O) groups is 1. The maximum atomic E-state index is 11.2. The summed E-state index contributed by atoms with van der Waals surface area (Å²) in [7, 11) is 0. The fourth-order valence-corrected chi connectivity index (χ4v) is 3.46. The summed E-state index contributed by atoms with van der Waals surface area (Å²) in [5, 5.41) is 7.06. The number of hydrogen-bond acceptors (Lipinski definition) is 3. The number of anilines is 1. The second-order valence-corrected chi connectivity index (χ2v) is 7.62. The molecule has 1 aliphatic rings. The van der Waals surface area contributed by atoms with Crippen molar-refractivity contribution in [3.8, 4) is 0 Å². The molecule has 0 fully saturated rings. The van der Waals surface area contributed by atoms with Gasteiger partial charge in [-0.15, -0.1) is 0 Å². The molecule has 1 aliphatic heterocycles. The summed E-state index contributed by atoms with van der Waals surface area (Å²) in [4.78, 5) is 11.2. The monoisotopic (exact) mass is 351 g/mol. The van der Waals surface area contributed by atoms with Crippen molar-refractivity contribution in [3.05, 3.63) is 64.7 Å². The first-order valence-corrected chi connectivity index (χ1v) is 9.49. The zero-order valence-electron chi connectivity index (χ0n) is 15.7. The number of hydrogen-bond donors (Lipinski definition) is 3. The van der Waals surface area contributed by atoms with E-state index in [4.69, 9.17) is 5.73 Å². The zero-order valence-corrected chi connectivity index (χ0v) is 15.7. The second-order valence-electron chi connectivity index (χ2n) is 7.62. The van der Waals surface area contributed by atoms with Gasteiger partial charge < -0.3 is 16.4 Å². The number of nitrogens with one attached hydrogen (secondary N) is 2. The molecular weight excluding hydrogens is 322 g/mol. The van der Waals surface area contributed by atoms with Gasteiger partial charge in [0.25, 0.3) is 0 Å². The summed E-state index contributed by atoms with van der Waals surface area (Å²) in [5.41, 5.74) is 11.1. The molecule has 1 heterocycles. The van der Waals surface area contributed by atoms with Crippen molar-refractivity contribution >= 4 is 11.6 Å². The van der Waals surface area contributed by atoms with Crippen LogP contribution in [0.3, 0.4) is 0 Å². The van der Waals surface area contributed by atoms with Crippen molar-refractivity contribution in [1.82, 2.24) is 5.32 Å². The zero-order chi connectivity index (χ0) is 18.5. The van der Waals surface area contributed by atoms with Crippen LogP contribution < -0.4 is 16.4 Å². The summed E-state index contributed by atoms with van der Waals surface area (Å²) >= 11 is 0. The first-order chi connectivity index (χ1) is 12.5. The molecule has 4 nitrogen and oxygen atoms in total. The topological polar surface area (TPSA) is 67.1 Å². The molecule has 0 spiro atoms. The normalized spacial score (nSPS) is 15.7. The molecular formula is C22H29N3O. The van der Waals surface area contributed by atoms with Gasteiger partial charge in [0, 0.05) is 30.3 Å². The van der Waals surface area contributed by atoms with Crippen molar-refractivity contribution < 1.29 is 4.79 Å². The Hall–Kier alpha value is -2.33. The maximum Gasteiger partial charge on any atom is 0.248 e. The lowest BCUT2D eigenvalue weighted by Gasteiger charge is -2.13. The molecule has 4 N–H and O–H groups in total. The molecule has 1 unspecified atom stereocenters. The Bertz CT molecular complexity index is 752. The molecule has 4 heteroatoms. The van der Waals surface area contributed by atoms with Crippen molar-refractivity contribution in [2.45, 2.75) is 39.2 Å². The van der Waals surface area contributed by atoms with Gasteiger partial charge in [-0.25, -0.2) is 0 Å². The number of amides is 1. The van der Waals surface area contributed by atoms with Crippen molar-refractivity contribution in [1.29, 1.82) is 0 Å². The van der Waals surface area contributed by atoms with Gasteiger partial charge >= 0.3 is 0 Å². The maximum absolute atomic E-state index is 11.2. The average molecular weight is 351 g/mol. The number of rotatable bonds is 8. The van der Waals surface area contributed by atoms with E-state index in [0.29, 0.717) is 11.5 Å². The van der Waals surface area contributed by atoms with E-state index in [1.54, 1.807) is 0 Å². The van der Waals surface area contributed by atoms with Crippen LogP contribution >= 0.6 is 0 Å². The Labute approximate surface area is 156 Å². The highest BCUT2D eigenvalue weighted by atomic mass is 16.1. The number of benzene rings is 2. The predicted octanol–water partition coefficient (Wildman–Crippen LogP) is 3.67. The molecule has 3 rings (SSSR count). The molecule has 0 saturated carbocycles. The first-order valence-electron chi connectivity index (χ1n) is 9.49. The van der Waals surface area contributed by atoms with Crippen molar-refractivity contribution in [3.63, 3.8) is 0 Å². The largest absolute Gasteiger partial charge is 0.384 e. The van der Waals surface area contributed by atoms with Crippen molar-refractivity contribution in [2.75, 3.05) is 18.4 Å². The lowest BCUT2D eigenvalue weighted by atomic mass is 9.92. The molecule has 138 valence electrons. The highest BCUT2D eigenvalue weighted by Crippen LogP contribution is 2.34. The van der Waals surface area contributed by atoms with E-state index in [9.17, 15) is 4.79 Å². The van der Waals surface area contributed by atoms with E-state index >= 15 is 0 Å². The first kappa shape index (κ1) is 18.5. The minimum Gasteiger partial charge on any atom is -0.384 e. The van der Waals surface area contributed by atoms with E-state index in [1.165, 1.54) is 28.8 Å². The van der Waals surface area contributed by atoms with Gasteiger partial charge in [-0.1, -0.05) is 38.1 Å². The van der Waals surface area contributed by atoms with Gasteiger partial charge in [0.2, 0.25) is 5.91 Å². The van der Waals surface area contributed by atoms with Crippen LogP contribution in [0.2, 0.25) is 0 Å². The Morgan fingerprint density at radius 2 is 1.92 bits per heavy atom. The van der Waals surface area contributed by atoms with Crippen LogP contribution in [0.4, 0.5) is 5.69 Å². The van der Waals surface area contributed by atoms with Gasteiger partial charge in [-0.3, -0.25) is 4.79 Å². The molecule has 0 aliphatic carbocycles. The second kappa shape index (κ2) is 8.37. The number of fused-ring (bicyclic) bond motifs is 1. The average Bonchev–Trinajstić information content (AvgIpc) is 3.01. The number of carbonyl (C=O) groups excluding carboxylic acids is 1. The Morgan fingerprint density at radius 1 is 1.19 bits per heavy atom. The Morgan fingerprint density at radius 3 is 2.62 bits per heavy atom. The lowest BCUT2D eigenvalue weighted by molar-refractivity contribution is 0.100. The van der Waals surface area contributed by atoms with E-state index < -0.39 is 0 Å². The van der Waals surface area contributed by atoms with Gasteiger partial charge in [0.05, 0.1) is 0 Å². The highest BCUT2D eigenvalue weighted by Gasteiger charge is 2.22. The van der Waals surface area contributed by atoms with E-state index in [-0.39, 0.29) is 5.91 Å². The summed E-state index contributed by atoms with van der Waals surface area (Å²) in [5.74, 6) is 0.816. The molecule has 0 saturated heterocycles. The number of nitrogens with two attached hydrogens (primary N) is 1. The molecule has 0 aromatic heterocycles. The quantitative estimate of drug-likeness (QED) is 0.636. The summed E-state index contributed by atoms with van der Waals surface area (Å²) < 4.78 is 0. The van der Waals surface area contributed by atoms with Crippen LogP contribution in [0, 0.1) is 5.92 Å². The summed E-state index contributed by atoms with van der Waals surface area (Å²) in [6.45, 7) is 7.44. The molecule has 0 radical (unpaired) electrons. The SMILES string of the molecule is CC(C)CCNCc1ccc2c(c1)C(Cc1ccc(C(N)=O)cc1)CN2. The van der Waals surface area contributed by atoms with E-state index in [1.807, 2.05) is 24.3 Å². The van der Waals surface area contributed by atoms with Gasteiger partial charge in [-0.2, -0.15) is 0 Å². The molecule has 0 bridgehead atoms. The minimum atomic E-state index is -0.376. The lowest BCUT2D eigenvalue weighted by Crippen LogP contribution is -2.16. The van der Waals surface area contributed by atoms with Crippen molar-refractivity contribution in [2.24, 2.45) is 11.7 Å². The third-order valence-corrected chi connectivity index (χ3v) is 5.04. The van der Waals surface area contributed by atoms with Crippen LogP contribution in [-0.4, -0.2) is 19.0 Å². The number of primary amides is 1. The van der Waals surface area contributed by atoms with Gasteiger partial charge in [-0.05, 0) is 60.2 Å². The van der Waals surface area contributed by atoms with Crippen LogP contribution in [0.1, 0.15) is 53.2 Å². The smallest absolute Gasteiger partial charge is 0.248 e. The molecule has 2 aromatic rings. The van der Waals surface area contributed by atoms with Gasteiger partial charge in [0.1, 0.15) is 0 Å². The minimum absolute atomic E-state index is 0.376. The molecule has 26 heavy (non-hydrogen) atoms. The molecule has 1 atom stereocenters. The third kappa shape index (κ3) is 4.64. The van der Waals surface area contributed by atoms with Gasteiger partial charge in [0.15, 0.2) is 0 Å². The Balaban J connectivity index is 1.64. The van der Waals surface area contributed by atoms with E-state index in [2.05, 4.69) is 42.7 Å². The Kier molecular flexibility index (Phi) is 5.94. The highest BCUT2D eigenvalue weighted by molar-refractivity contribution is 5.92. The summed E-state index contributed by atoms with van der Waals surface area (Å²) in [6.07, 6.45) is 2.17. The van der Waals surface area contributed by atoms with Crippen LogP contribution in [0.15, 0.2) is 42.5 Å². The van der Waals surface area contributed by atoms with Crippen LogP contribution in [0.5, 0.6) is 0 Å². The van der Waals surface area contributed by atoms with Crippen LogP contribution in [-0.2, 0) is 13.0 Å². The fourth-order valence-electron chi connectivity index (χ4n) is 3.46. The summed E-state index contributed by atoms with van der Waals surface area (Å²) in [6, 6.07) is 14.4. The third-order valence-electron chi connectivity index (χ3n) is 5.04. The van der Waals surface area contributed by atoms with E-state index in [0.717, 1.165) is 32.0 Å². The predicted molar refractivity (Wildman–Crippen MR) is 107 cm³/mol. The van der Waals surface area contributed by atoms with Crippen LogP contribution in [0.25, 0.3) is 0 Å².